The molecule has 0 aliphatic carbocycles. The standard InChI is InChI=1S/C22H29N3O4/c1-3-28-18-8-10-19(11-9-18)29-17-12-23-22(26)25-15-13-24(14-16-25)20-6-4-5-7-21(20)27-2/h4-11H,3,12-17H2,1-2H3,(H,23,26). The Hall–Kier alpha value is -3.09. The molecule has 0 spiro atoms. The second-order valence-corrected chi connectivity index (χ2v) is 6.63. The predicted octanol–water partition coefficient (Wildman–Crippen LogP) is 3.00. The first kappa shape index (κ1) is 20.6. The van der Waals surface area contributed by atoms with Crippen LogP contribution in [-0.2, 0) is 0 Å². The Labute approximate surface area is 172 Å². The molecule has 7 nitrogen and oxygen atoms in total. The van der Waals surface area contributed by atoms with Gasteiger partial charge in [0, 0.05) is 26.2 Å². The zero-order valence-electron chi connectivity index (χ0n) is 17.1. The van der Waals surface area contributed by atoms with Gasteiger partial charge in [0.25, 0.3) is 0 Å². The summed E-state index contributed by atoms with van der Waals surface area (Å²) in [5, 5.41) is 2.93. The van der Waals surface area contributed by atoms with Gasteiger partial charge in [-0.2, -0.15) is 0 Å². The van der Waals surface area contributed by atoms with Gasteiger partial charge in [0.15, 0.2) is 0 Å². The van der Waals surface area contributed by atoms with E-state index in [1.807, 2.05) is 60.4 Å². The van der Waals surface area contributed by atoms with Crippen LogP contribution in [-0.4, -0.2) is 64.0 Å². The molecule has 0 saturated carbocycles. The zero-order chi connectivity index (χ0) is 20.5. The minimum atomic E-state index is -0.0556. The van der Waals surface area contributed by atoms with E-state index in [-0.39, 0.29) is 6.03 Å². The maximum Gasteiger partial charge on any atom is 0.317 e. The van der Waals surface area contributed by atoms with Crippen LogP contribution in [0.25, 0.3) is 0 Å². The Kier molecular flexibility index (Phi) is 7.44. The molecule has 0 aromatic heterocycles. The molecule has 29 heavy (non-hydrogen) atoms. The number of hydrogen-bond acceptors (Lipinski definition) is 5. The van der Waals surface area contributed by atoms with Gasteiger partial charge in [-0.15, -0.1) is 0 Å². The van der Waals surface area contributed by atoms with E-state index < -0.39 is 0 Å². The molecule has 156 valence electrons. The normalized spacial score (nSPS) is 13.7. The van der Waals surface area contributed by atoms with Crippen LogP contribution in [0.1, 0.15) is 6.92 Å². The van der Waals surface area contributed by atoms with E-state index in [2.05, 4.69) is 10.2 Å². The molecule has 1 aliphatic heterocycles. The number of benzene rings is 2. The van der Waals surface area contributed by atoms with Crippen molar-refractivity contribution in [1.29, 1.82) is 0 Å². The van der Waals surface area contributed by atoms with Gasteiger partial charge >= 0.3 is 6.03 Å². The number of anilines is 1. The molecule has 0 unspecified atom stereocenters. The Morgan fingerprint density at radius 2 is 1.62 bits per heavy atom. The number of urea groups is 1. The van der Waals surface area contributed by atoms with E-state index in [0.717, 1.165) is 36.0 Å². The number of para-hydroxylation sites is 2. The van der Waals surface area contributed by atoms with Crippen molar-refractivity contribution in [3.63, 3.8) is 0 Å². The zero-order valence-corrected chi connectivity index (χ0v) is 17.1. The molecule has 2 aromatic rings. The fourth-order valence-electron chi connectivity index (χ4n) is 3.28. The summed E-state index contributed by atoms with van der Waals surface area (Å²) in [5.74, 6) is 2.44. The van der Waals surface area contributed by atoms with Gasteiger partial charge in [-0.25, -0.2) is 4.79 Å². The molecule has 1 saturated heterocycles. The first-order valence-electron chi connectivity index (χ1n) is 9.97. The first-order chi connectivity index (χ1) is 14.2. The van der Waals surface area contributed by atoms with E-state index in [9.17, 15) is 4.79 Å². The molecule has 3 rings (SSSR count). The summed E-state index contributed by atoms with van der Waals surface area (Å²) in [6.07, 6.45) is 0. The minimum absolute atomic E-state index is 0.0556. The number of amides is 2. The molecular weight excluding hydrogens is 370 g/mol. The summed E-state index contributed by atoms with van der Waals surface area (Å²) in [6.45, 7) is 6.35. The summed E-state index contributed by atoms with van der Waals surface area (Å²) in [4.78, 5) is 16.5. The molecule has 1 N–H and O–H groups in total. The lowest BCUT2D eigenvalue weighted by Crippen LogP contribution is -2.52. The maximum atomic E-state index is 12.4. The average Bonchev–Trinajstić information content (AvgIpc) is 2.78. The molecular formula is C22H29N3O4. The molecule has 2 amide bonds. The highest BCUT2D eigenvalue weighted by Crippen LogP contribution is 2.28. The Balaban J connectivity index is 1.37. The van der Waals surface area contributed by atoms with Crippen molar-refractivity contribution in [3.8, 4) is 17.2 Å². The van der Waals surface area contributed by atoms with E-state index in [0.29, 0.717) is 32.8 Å². The third-order valence-electron chi connectivity index (χ3n) is 4.77. The highest BCUT2D eigenvalue weighted by molar-refractivity contribution is 5.74. The molecule has 0 bridgehead atoms. The second-order valence-electron chi connectivity index (χ2n) is 6.63. The fourth-order valence-corrected chi connectivity index (χ4v) is 3.28. The van der Waals surface area contributed by atoms with Gasteiger partial charge in [-0.05, 0) is 43.3 Å². The van der Waals surface area contributed by atoms with Crippen molar-refractivity contribution < 1.29 is 19.0 Å². The molecule has 1 aliphatic rings. The third-order valence-corrected chi connectivity index (χ3v) is 4.77. The Morgan fingerprint density at radius 1 is 0.966 bits per heavy atom. The van der Waals surface area contributed by atoms with Crippen molar-refractivity contribution >= 4 is 11.7 Å². The largest absolute Gasteiger partial charge is 0.495 e. The van der Waals surface area contributed by atoms with E-state index in [4.69, 9.17) is 14.2 Å². The maximum absolute atomic E-state index is 12.4. The van der Waals surface area contributed by atoms with Crippen LogP contribution < -0.4 is 24.4 Å². The fraction of sp³-hybridized carbons (Fsp3) is 0.409. The van der Waals surface area contributed by atoms with E-state index >= 15 is 0 Å². The lowest BCUT2D eigenvalue weighted by Gasteiger charge is -2.36. The van der Waals surface area contributed by atoms with Crippen LogP contribution in [0.5, 0.6) is 17.2 Å². The molecule has 1 heterocycles. The number of hydrogen-bond donors (Lipinski definition) is 1. The number of nitrogens with one attached hydrogen (secondary N) is 1. The van der Waals surface area contributed by atoms with Crippen LogP contribution in [0.3, 0.4) is 0 Å². The Bertz CT molecular complexity index is 774. The first-order valence-corrected chi connectivity index (χ1v) is 9.97. The summed E-state index contributed by atoms with van der Waals surface area (Å²) >= 11 is 0. The summed E-state index contributed by atoms with van der Waals surface area (Å²) in [5.41, 5.74) is 1.07. The predicted molar refractivity (Wildman–Crippen MR) is 113 cm³/mol. The number of nitrogens with zero attached hydrogens (tertiary/aromatic N) is 2. The van der Waals surface area contributed by atoms with Crippen LogP contribution >= 0.6 is 0 Å². The van der Waals surface area contributed by atoms with Gasteiger partial charge in [0.05, 0.1) is 25.9 Å². The lowest BCUT2D eigenvalue weighted by atomic mass is 10.2. The quantitative estimate of drug-likeness (QED) is 0.692. The molecule has 0 radical (unpaired) electrons. The minimum Gasteiger partial charge on any atom is -0.495 e. The number of ether oxygens (including phenoxy) is 3. The topological polar surface area (TPSA) is 63.3 Å². The third kappa shape index (κ3) is 5.70. The molecule has 1 fully saturated rings. The summed E-state index contributed by atoms with van der Waals surface area (Å²) in [7, 11) is 1.68. The van der Waals surface area contributed by atoms with Gasteiger partial charge in [-0.1, -0.05) is 12.1 Å². The van der Waals surface area contributed by atoms with Gasteiger partial charge < -0.3 is 29.3 Å². The highest BCUT2D eigenvalue weighted by Gasteiger charge is 2.22. The van der Waals surface area contributed by atoms with Gasteiger partial charge in [0.1, 0.15) is 23.9 Å². The number of rotatable bonds is 8. The smallest absolute Gasteiger partial charge is 0.317 e. The van der Waals surface area contributed by atoms with Crippen molar-refractivity contribution in [3.05, 3.63) is 48.5 Å². The molecule has 0 atom stereocenters. The van der Waals surface area contributed by atoms with Crippen LogP contribution in [0.2, 0.25) is 0 Å². The van der Waals surface area contributed by atoms with Gasteiger partial charge in [-0.3, -0.25) is 0 Å². The molecule has 2 aromatic carbocycles. The van der Waals surface area contributed by atoms with Crippen LogP contribution in [0.4, 0.5) is 10.5 Å². The number of piperazine rings is 1. The van der Waals surface area contributed by atoms with Crippen LogP contribution in [0.15, 0.2) is 48.5 Å². The molecule has 7 heteroatoms. The summed E-state index contributed by atoms with van der Waals surface area (Å²) < 4.78 is 16.5. The average molecular weight is 399 g/mol. The summed E-state index contributed by atoms with van der Waals surface area (Å²) in [6, 6.07) is 15.4. The number of methoxy groups -OCH3 is 1. The van der Waals surface area contributed by atoms with E-state index in [1.165, 1.54) is 0 Å². The van der Waals surface area contributed by atoms with Crippen molar-refractivity contribution in [2.24, 2.45) is 0 Å². The highest BCUT2D eigenvalue weighted by atomic mass is 16.5. The van der Waals surface area contributed by atoms with Crippen LogP contribution in [0, 0.1) is 0 Å². The van der Waals surface area contributed by atoms with Crippen molar-refractivity contribution in [2.75, 3.05) is 57.9 Å². The lowest BCUT2D eigenvalue weighted by molar-refractivity contribution is 0.191. The van der Waals surface area contributed by atoms with Gasteiger partial charge in [0.2, 0.25) is 0 Å². The SMILES string of the molecule is CCOc1ccc(OCCNC(=O)N2CCN(c3ccccc3OC)CC2)cc1. The number of carbonyl (C=O) groups is 1. The van der Waals surface area contributed by atoms with E-state index in [1.54, 1.807) is 7.11 Å². The number of carbonyl (C=O) groups excluding carboxylic acids is 1. The van der Waals surface area contributed by atoms with Crippen molar-refractivity contribution in [2.45, 2.75) is 6.92 Å². The second kappa shape index (κ2) is 10.5. The monoisotopic (exact) mass is 399 g/mol. The Morgan fingerprint density at radius 3 is 2.28 bits per heavy atom. The van der Waals surface area contributed by atoms with Crippen molar-refractivity contribution in [1.82, 2.24) is 10.2 Å².